The van der Waals surface area contributed by atoms with Crippen LogP contribution in [0, 0.1) is 29.6 Å². The van der Waals surface area contributed by atoms with Crippen LogP contribution in [-0.4, -0.2) is 0 Å². The van der Waals surface area contributed by atoms with Crippen LogP contribution in [0.4, 0.5) is 0 Å². The molecule has 0 rings (SSSR count). The molecule has 0 saturated carbocycles. The standard InChI is InChI=1S/C12H22/c1-6-7-8-9-12(10(2)3)11(4)5/h10-12H,6-7H2,1-5H3. The van der Waals surface area contributed by atoms with E-state index in [1.54, 1.807) is 0 Å². The third-order valence-corrected chi connectivity index (χ3v) is 2.08. The first kappa shape index (κ1) is 11.6. The van der Waals surface area contributed by atoms with Crippen LogP contribution < -0.4 is 0 Å². The van der Waals surface area contributed by atoms with Crippen molar-refractivity contribution >= 4 is 0 Å². The molecule has 0 atom stereocenters. The van der Waals surface area contributed by atoms with Crippen LogP contribution in [0.15, 0.2) is 0 Å². The van der Waals surface area contributed by atoms with Crippen LogP contribution in [0.3, 0.4) is 0 Å². The molecule has 0 bridgehead atoms. The predicted molar refractivity (Wildman–Crippen MR) is 55.9 cm³/mol. The molecule has 0 saturated heterocycles. The predicted octanol–water partition coefficient (Wildman–Crippen LogP) is 3.72. The quantitative estimate of drug-likeness (QED) is 0.561. The molecule has 0 aromatic carbocycles. The van der Waals surface area contributed by atoms with E-state index in [2.05, 4.69) is 46.5 Å². The summed E-state index contributed by atoms with van der Waals surface area (Å²) < 4.78 is 0. The zero-order valence-electron chi connectivity index (χ0n) is 9.15. The van der Waals surface area contributed by atoms with Crippen LogP contribution in [0.2, 0.25) is 0 Å². The highest BCUT2D eigenvalue weighted by molar-refractivity contribution is 5.05. The first-order valence-electron chi connectivity index (χ1n) is 5.08. The van der Waals surface area contributed by atoms with E-state index in [4.69, 9.17) is 0 Å². The highest BCUT2D eigenvalue weighted by Gasteiger charge is 2.13. The molecule has 0 aliphatic heterocycles. The number of rotatable bonds is 3. The minimum atomic E-state index is 0.580. The average Bonchev–Trinajstić information content (AvgIpc) is 1.96. The maximum absolute atomic E-state index is 3.37. The Bertz CT molecular complexity index is 147. The molecule has 0 heteroatoms. The fraction of sp³-hybridized carbons (Fsp3) is 0.833. The molecule has 0 N–H and O–H groups in total. The Morgan fingerprint density at radius 3 is 1.83 bits per heavy atom. The Hall–Kier alpha value is -0.440. The van der Waals surface area contributed by atoms with Crippen molar-refractivity contribution in [2.75, 3.05) is 0 Å². The molecule has 0 spiro atoms. The summed E-state index contributed by atoms with van der Waals surface area (Å²) in [6.07, 6.45) is 2.23. The molecule has 0 aromatic heterocycles. The zero-order valence-corrected chi connectivity index (χ0v) is 9.15. The van der Waals surface area contributed by atoms with E-state index < -0.39 is 0 Å². The summed E-state index contributed by atoms with van der Waals surface area (Å²) in [7, 11) is 0. The summed E-state index contributed by atoms with van der Waals surface area (Å²) in [5.41, 5.74) is 0. The van der Waals surface area contributed by atoms with Gasteiger partial charge < -0.3 is 0 Å². The SMILES string of the molecule is CCCC#CC(C(C)C)C(C)C. The molecule has 0 amide bonds. The third-order valence-electron chi connectivity index (χ3n) is 2.08. The summed E-state index contributed by atoms with van der Waals surface area (Å²) in [6.45, 7) is 11.2. The van der Waals surface area contributed by atoms with Gasteiger partial charge in [-0.2, -0.15) is 0 Å². The lowest BCUT2D eigenvalue weighted by Gasteiger charge is -2.18. The highest BCUT2D eigenvalue weighted by Crippen LogP contribution is 2.19. The van der Waals surface area contributed by atoms with Crippen molar-refractivity contribution in [3.63, 3.8) is 0 Å². The van der Waals surface area contributed by atoms with Crippen molar-refractivity contribution in [2.24, 2.45) is 17.8 Å². The molecule has 0 aliphatic carbocycles. The summed E-state index contributed by atoms with van der Waals surface area (Å²) in [5, 5.41) is 0. The van der Waals surface area contributed by atoms with E-state index >= 15 is 0 Å². The Morgan fingerprint density at radius 1 is 1.00 bits per heavy atom. The summed E-state index contributed by atoms with van der Waals surface area (Å²) in [5.74, 6) is 8.58. The van der Waals surface area contributed by atoms with Crippen LogP contribution in [0.5, 0.6) is 0 Å². The van der Waals surface area contributed by atoms with E-state index in [1.807, 2.05) is 0 Å². The maximum atomic E-state index is 3.37. The molecule has 0 fully saturated rings. The van der Waals surface area contributed by atoms with Gasteiger partial charge in [0.05, 0.1) is 0 Å². The topological polar surface area (TPSA) is 0 Å². The van der Waals surface area contributed by atoms with E-state index in [-0.39, 0.29) is 0 Å². The molecule has 0 aliphatic rings. The second-order valence-electron chi connectivity index (χ2n) is 4.08. The minimum Gasteiger partial charge on any atom is -0.103 e. The zero-order chi connectivity index (χ0) is 9.56. The van der Waals surface area contributed by atoms with Crippen molar-refractivity contribution in [3.05, 3.63) is 0 Å². The smallest absolute Gasteiger partial charge is 0.0248 e. The Kier molecular flexibility index (Phi) is 5.89. The normalized spacial score (nSPS) is 10.7. The van der Waals surface area contributed by atoms with Gasteiger partial charge in [0.2, 0.25) is 0 Å². The number of unbranched alkanes of at least 4 members (excludes halogenated alkanes) is 1. The first-order valence-corrected chi connectivity index (χ1v) is 5.08. The Morgan fingerprint density at radius 2 is 1.50 bits per heavy atom. The van der Waals surface area contributed by atoms with E-state index in [1.165, 1.54) is 6.42 Å². The van der Waals surface area contributed by atoms with Crippen molar-refractivity contribution in [2.45, 2.75) is 47.5 Å². The molecular weight excluding hydrogens is 144 g/mol. The Balaban J connectivity index is 4.07. The van der Waals surface area contributed by atoms with Crippen LogP contribution in [0.25, 0.3) is 0 Å². The van der Waals surface area contributed by atoms with Gasteiger partial charge in [-0.15, -0.1) is 5.92 Å². The van der Waals surface area contributed by atoms with Crippen molar-refractivity contribution in [3.8, 4) is 11.8 Å². The monoisotopic (exact) mass is 166 g/mol. The highest BCUT2D eigenvalue weighted by atomic mass is 14.2. The second-order valence-corrected chi connectivity index (χ2v) is 4.08. The fourth-order valence-corrected chi connectivity index (χ4v) is 1.42. The molecule has 0 unspecified atom stereocenters. The average molecular weight is 166 g/mol. The largest absolute Gasteiger partial charge is 0.103 e. The van der Waals surface area contributed by atoms with Crippen molar-refractivity contribution in [1.29, 1.82) is 0 Å². The van der Waals surface area contributed by atoms with Gasteiger partial charge in [-0.3, -0.25) is 0 Å². The van der Waals surface area contributed by atoms with E-state index in [9.17, 15) is 0 Å². The van der Waals surface area contributed by atoms with Gasteiger partial charge >= 0.3 is 0 Å². The molecular formula is C12H22. The fourth-order valence-electron chi connectivity index (χ4n) is 1.42. The van der Waals surface area contributed by atoms with Crippen LogP contribution in [0.1, 0.15) is 47.5 Å². The van der Waals surface area contributed by atoms with Gasteiger partial charge in [0, 0.05) is 12.3 Å². The summed E-state index contributed by atoms with van der Waals surface area (Å²) in [4.78, 5) is 0. The molecule has 0 radical (unpaired) electrons. The van der Waals surface area contributed by atoms with E-state index in [0.717, 1.165) is 6.42 Å². The molecule has 12 heavy (non-hydrogen) atoms. The third kappa shape index (κ3) is 4.44. The lowest BCUT2D eigenvalue weighted by atomic mass is 9.86. The lowest BCUT2D eigenvalue weighted by molar-refractivity contribution is 0.369. The lowest BCUT2D eigenvalue weighted by Crippen LogP contribution is -2.13. The molecule has 0 nitrogen and oxygen atoms in total. The molecule has 70 valence electrons. The van der Waals surface area contributed by atoms with Crippen molar-refractivity contribution < 1.29 is 0 Å². The van der Waals surface area contributed by atoms with Crippen LogP contribution >= 0.6 is 0 Å². The summed E-state index contributed by atoms with van der Waals surface area (Å²) >= 11 is 0. The van der Waals surface area contributed by atoms with Gasteiger partial charge in [0.15, 0.2) is 0 Å². The van der Waals surface area contributed by atoms with Crippen molar-refractivity contribution in [1.82, 2.24) is 0 Å². The molecule has 0 heterocycles. The van der Waals surface area contributed by atoms with Gasteiger partial charge in [-0.25, -0.2) is 0 Å². The maximum Gasteiger partial charge on any atom is 0.0248 e. The van der Waals surface area contributed by atoms with Gasteiger partial charge in [0.25, 0.3) is 0 Å². The number of hydrogen-bond donors (Lipinski definition) is 0. The van der Waals surface area contributed by atoms with Gasteiger partial charge in [0.1, 0.15) is 0 Å². The summed E-state index contributed by atoms with van der Waals surface area (Å²) in [6, 6.07) is 0. The van der Waals surface area contributed by atoms with Gasteiger partial charge in [-0.05, 0) is 18.3 Å². The molecule has 0 aromatic rings. The van der Waals surface area contributed by atoms with Crippen LogP contribution in [-0.2, 0) is 0 Å². The minimum absolute atomic E-state index is 0.580. The van der Waals surface area contributed by atoms with E-state index in [0.29, 0.717) is 17.8 Å². The number of hydrogen-bond acceptors (Lipinski definition) is 0. The Labute approximate surface area is 77.8 Å². The first-order chi connectivity index (χ1) is 5.59. The van der Waals surface area contributed by atoms with Gasteiger partial charge in [-0.1, -0.05) is 40.5 Å². The second kappa shape index (κ2) is 6.12.